The van der Waals surface area contributed by atoms with E-state index in [-0.39, 0.29) is 19.0 Å². The molecule has 2 aliphatic heterocycles. The van der Waals surface area contributed by atoms with Crippen molar-refractivity contribution >= 4 is 36.2 Å². The van der Waals surface area contributed by atoms with Gasteiger partial charge in [-0.15, -0.1) is 12.4 Å². The zero-order chi connectivity index (χ0) is 21.0. The molecule has 3 N–H and O–H groups in total. The second-order valence-electron chi connectivity index (χ2n) is 6.69. The standard InChI is InChI=1S/C19H27N5O5.ClH/c1-4-29-18(26)11-17(25)19(20)13-9-15(27-2)16(28-3)10-14(13)24(12-22-19)23-7-5-21-6-8-23;/h9-10,12,21H,4-8,11,20H2,1-3H3;1H. The minimum absolute atomic E-state index is 0. The van der Waals surface area contributed by atoms with Crippen LogP contribution in [0.1, 0.15) is 18.9 Å². The number of rotatable bonds is 7. The highest BCUT2D eigenvalue weighted by Gasteiger charge is 2.43. The summed E-state index contributed by atoms with van der Waals surface area (Å²) < 4.78 is 15.7. The molecular formula is C19H28ClN5O5. The van der Waals surface area contributed by atoms with Crippen molar-refractivity contribution in [3.63, 3.8) is 0 Å². The Bertz CT molecular complexity index is 815. The van der Waals surface area contributed by atoms with Gasteiger partial charge in [-0.1, -0.05) is 0 Å². The van der Waals surface area contributed by atoms with Gasteiger partial charge in [0.25, 0.3) is 0 Å². The summed E-state index contributed by atoms with van der Waals surface area (Å²) in [5, 5.41) is 7.26. The number of nitrogens with one attached hydrogen (secondary N) is 1. The van der Waals surface area contributed by atoms with E-state index in [9.17, 15) is 9.59 Å². The molecule has 10 nitrogen and oxygen atoms in total. The van der Waals surface area contributed by atoms with Crippen LogP contribution in [0, 0.1) is 0 Å². The maximum absolute atomic E-state index is 13.0. The highest BCUT2D eigenvalue weighted by molar-refractivity contribution is 6.04. The minimum Gasteiger partial charge on any atom is -0.493 e. The van der Waals surface area contributed by atoms with Crippen LogP contribution in [0.3, 0.4) is 0 Å². The van der Waals surface area contributed by atoms with Crippen LogP contribution in [-0.4, -0.2) is 70.1 Å². The summed E-state index contributed by atoms with van der Waals surface area (Å²) in [6.45, 7) is 5.02. The van der Waals surface area contributed by atoms with Crippen LogP contribution in [0.25, 0.3) is 0 Å². The summed E-state index contributed by atoms with van der Waals surface area (Å²) in [5.74, 6) is -0.269. The smallest absolute Gasteiger partial charge is 0.313 e. The Morgan fingerprint density at radius 3 is 2.43 bits per heavy atom. The van der Waals surface area contributed by atoms with Gasteiger partial charge in [-0.05, 0) is 13.0 Å². The molecule has 2 heterocycles. The zero-order valence-electron chi connectivity index (χ0n) is 17.3. The van der Waals surface area contributed by atoms with Crippen LogP contribution in [0.15, 0.2) is 17.1 Å². The van der Waals surface area contributed by atoms with Crippen molar-refractivity contribution in [1.29, 1.82) is 0 Å². The number of carbonyl (C=O) groups excluding carboxylic acids is 2. The molecule has 0 amide bonds. The largest absolute Gasteiger partial charge is 0.493 e. The number of fused-ring (bicyclic) bond motifs is 1. The molecule has 30 heavy (non-hydrogen) atoms. The van der Waals surface area contributed by atoms with E-state index < -0.39 is 23.8 Å². The van der Waals surface area contributed by atoms with Crippen LogP contribution in [0.4, 0.5) is 5.69 Å². The molecule has 0 radical (unpaired) electrons. The molecule has 2 aliphatic rings. The van der Waals surface area contributed by atoms with Crippen LogP contribution < -0.4 is 25.5 Å². The highest BCUT2D eigenvalue weighted by atomic mass is 35.5. The fraction of sp³-hybridized carbons (Fsp3) is 0.526. The molecule has 11 heteroatoms. The van der Waals surface area contributed by atoms with Crippen LogP contribution in [0.5, 0.6) is 11.5 Å². The fourth-order valence-corrected chi connectivity index (χ4v) is 3.43. The quantitative estimate of drug-likeness (QED) is 0.458. The first-order valence-corrected chi connectivity index (χ1v) is 9.49. The Morgan fingerprint density at radius 2 is 1.83 bits per heavy atom. The molecule has 1 unspecified atom stereocenters. The van der Waals surface area contributed by atoms with Gasteiger partial charge in [0.15, 0.2) is 22.9 Å². The number of piperazine rings is 1. The summed E-state index contributed by atoms with van der Waals surface area (Å²) in [6.07, 6.45) is 1.06. The van der Waals surface area contributed by atoms with Gasteiger partial charge in [-0.25, -0.2) is 10.0 Å². The second-order valence-corrected chi connectivity index (χ2v) is 6.69. The maximum Gasteiger partial charge on any atom is 0.313 e. The molecule has 166 valence electrons. The molecule has 1 fully saturated rings. The lowest BCUT2D eigenvalue weighted by molar-refractivity contribution is -0.146. The number of ketones is 1. The summed E-state index contributed by atoms with van der Waals surface area (Å²) >= 11 is 0. The molecule has 0 saturated carbocycles. The number of aliphatic imine (C=N–C) groups is 1. The molecule has 1 atom stereocenters. The van der Waals surface area contributed by atoms with Gasteiger partial charge in [0.05, 0.1) is 26.5 Å². The van der Waals surface area contributed by atoms with Crippen molar-refractivity contribution in [2.75, 3.05) is 52.0 Å². The van der Waals surface area contributed by atoms with E-state index in [1.165, 1.54) is 20.6 Å². The van der Waals surface area contributed by atoms with Gasteiger partial charge < -0.3 is 19.5 Å². The Labute approximate surface area is 181 Å². The summed E-state index contributed by atoms with van der Waals surface area (Å²) in [6, 6.07) is 3.41. The summed E-state index contributed by atoms with van der Waals surface area (Å²) in [7, 11) is 3.04. The summed E-state index contributed by atoms with van der Waals surface area (Å²) in [5.41, 5.74) is 5.81. The first-order valence-electron chi connectivity index (χ1n) is 9.49. The average Bonchev–Trinajstić information content (AvgIpc) is 2.73. The number of anilines is 1. The van der Waals surface area contributed by atoms with Crippen molar-refractivity contribution in [2.24, 2.45) is 10.7 Å². The van der Waals surface area contributed by atoms with Crippen molar-refractivity contribution in [2.45, 2.75) is 19.0 Å². The number of ether oxygens (including phenoxy) is 3. The zero-order valence-corrected chi connectivity index (χ0v) is 18.2. The normalized spacial score (nSPS) is 20.7. The molecule has 0 aliphatic carbocycles. The third-order valence-corrected chi connectivity index (χ3v) is 4.96. The molecule has 0 spiro atoms. The van der Waals surface area contributed by atoms with Crippen LogP contribution >= 0.6 is 12.4 Å². The Balaban J connectivity index is 0.00000320. The SMILES string of the molecule is CCOC(=O)CC(=O)C1(N)N=CN(N2CCNCC2)c2cc(OC)c(OC)cc21.Cl. The number of hydrogen-bond acceptors (Lipinski definition) is 10. The number of nitrogens with two attached hydrogens (primary N) is 1. The monoisotopic (exact) mass is 441 g/mol. The van der Waals surface area contributed by atoms with Gasteiger partial charge >= 0.3 is 5.97 Å². The molecule has 0 aromatic heterocycles. The van der Waals surface area contributed by atoms with Crippen LogP contribution in [0.2, 0.25) is 0 Å². The number of halogens is 1. The maximum atomic E-state index is 13.0. The van der Waals surface area contributed by atoms with E-state index in [1.807, 2.05) is 5.01 Å². The van der Waals surface area contributed by atoms with Gasteiger partial charge in [0.2, 0.25) is 0 Å². The third kappa shape index (κ3) is 4.51. The molecule has 3 rings (SSSR count). The lowest BCUT2D eigenvalue weighted by atomic mass is 9.91. The van der Waals surface area contributed by atoms with Gasteiger partial charge in [-0.3, -0.25) is 20.3 Å². The van der Waals surface area contributed by atoms with Crippen molar-refractivity contribution in [3.8, 4) is 11.5 Å². The first-order chi connectivity index (χ1) is 13.9. The lowest BCUT2D eigenvalue weighted by Gasteiger charge is -2.42. The predicted molar refractivity (Wildman–Crippen MR) is 114 cm³/mol. The molecule has 1 saturated heterocycles. The second kappa shape index (κ2) is 10.1. The Kier molecular flexibility index (Phi) is 8.02. The number of benzene rings is 1. The summed E-state index contributed by atoms with van der Waals surface area (Å²) in [4.78, 5) is 29.2. The van der Waals surface area contributed by atoms with E-state index >= 15 is 0 Å². The van der Waals surface area contributed by atoms with E-state index in [4.69, 9.17) is 19.9 Å². The van der Waals surface area contributed by atoms with Crippen molar-refractivity contribution < 1.29 is 23.8 Å². The van der Waals surface area contributed by atoms with Crippen LogP contribution in [-0.2, 0) is 20.0 Å². The molecule has 1 aromatic rings. The van der Waals surface area contributed by atoms with Gasteiger partial charge in [-0.2, -0.15) is 0 Å². The molecule has 0 bridgehead atoms. The molecule has 1 aromatic carbocycles. The average molecular weight is 442 g/mol. The molecular weight excluding hydrogens is 414 g/mol. The number of hydrazine groups is 1. The van der Waals surface area contributed by atoms with Crippen molar-refractivity contribution in [3.05, 3.63) is 17.7 Å². The number of carbonyl (C=O) groups is 2. The number of hydrogen-bond donors (Lipinski definition) is 2. The van der Waals surface area contributed by atoms with E-state index in [2.05, 4.69) is 15.3 Å². The Hall–Kier alpha value is -2.40. The van der Waals surface area contributed by atoms with E-state index in [0.717, 1.165) is 26.2 Å². The first kappa shape index (κ1) is 23.9. The predicted octanol–water partition coefficient (Wildman–Crippen LogP) is 0.428. The number of esters is 1. The lowest BCUT2D eigenvalue weighted by Crippen LogP contribution is -2.56. The number of Topliss-reactive ketones (excluding diaryl/α,β-unsaturated/α-hetero) is 1. The topological polar surface area (TPSA) is 119 Å². The van der Waals surface area contributed by atoms with Crippen molar-refractivity contribution in [1.82, 2.24) is 10.3 Å². The van der Waals surface area contributed by atoms with Gasteiger partial charge in [0, 0.05) is 37.8 Å². The minimum atomic E-state index is -1.73. The Morgan fingerprint density at radius 1 is 1.20 bits per heavy atom. The third-order valence-electron chi connectivity index (χ3n) is 4.96. The van der Waals surface area contributed by atoms with Gasteiger partial charge in [0.1, 0.15) is 12.8 Å². The number of methoxy groups -OCH3 is 2. The fourth-order valence-electron chi connectivity index (χ4n) is 3.43. The van der Waals surface area contributed by atoms with E-state index in [0.29, 0.717) is 22.7 Å². The number of nitrogens with zero attached hydrogens (tertiary/aromatic N) is 3. The highest BCUT2D eigenvalue weighted by Crippen LogP contribution is 2.42. The van der Waals surface area contributed by atoms with E-state index in [1.54, 1.807) is 19.1 Å².